The molecule has 0 aromatic carbocycles. The monoisotopic (exact) mass is 422 g/mol. The molecule has 0 rings (SSSR count). The van der Waals surface area contributed by atoms with E-state index in [1.165, 1.54) is 0 Å². The molecule has 0 spiro atoms. The summed E-state index contributed by atoms with van der Waals surface area (Å²) in [6, 6.07) is 0. The van der Waals surface area contributed by atoms with E-state index in [1.807, 2.05) is 0 Å². The average molecular weight is 423 g/mol. The van der Waals surface area contributed by atoms with Crippen molar-refractivity contribution in [3.8, 4) is 0 Å². The van der Waals surface area contributed by atoms with Crippen molar-refractivity contribution in [1.82, 2.24) is 0 Å². The summed E-state index contributed by atoms with van der Waals surface area (Å²) in [7, 11) is 0. The fraction of sp³-hybridized carbons (Fsp3) is 0.900. The van der Waals surface area contributed by atoms with Crippen LogP contribution in [0.3, 0.4) is 0 Å². The Bertz CT molecular complexity index is 377. The van der Waals surface area contributed by atoms with Gasteiger partial charge in [0.25, 0.3) is 0 Å². The molecule has 9 heteroatoms. The SMILES string of the molecule is CCCCCCC(=O)OCCOCCOCCOCCOCCOCCC(=O)O. The predicted octanol–water partition coefficient (Wildman–Crippen LogP) is 2.06. The van der Waals surface area contributed by atoms with Crippen molar-refractivity contribution in [2.75, 3.05) is 72.7 Å². The summed E-state index contributed by atoms with van der Waals surface area (Å²) in [4.78, 5) is 21.7. The van der Waals surface area contributed by atoms with Crippen molar-refractivity contribution in [2.24, 2.45) is 0 Å². The number of hydrogen-bond donors (Lipinski definition) is 1. The van der Waals surface area contributed by atoms with Gasteiger partial charge in [-0.25, -0.2) is 0 Å². The molecule has 0 fully saturated rings. The van der Waals surface area contributed by atoms with E-state index in [9.17, 15) is 9.59 Å². The van der Waals surface area contributed by atoms with Crippen LogP contribution in [0.2, 0.25) is 0 Å². The van der Waals surface area contributed by atoms with Crippen LogP contribution in [0, 0.1) is 0 Å². The van der Waals surface area contributed by atoms with Gasteiger partial charge in [0.15, 0.2) is 0 Å². The normalized spacial score (nSPS) is 10.9. The van der Waals surface area contributed by atoms with E-state index >= 15 is 0 Å². The molecule has 0 radical (unpaired) electrons. The molecule has 0 bridgehead atoms. The fourth-order valence-corrected chi connectivity index (χ4v) is 2.12. The lowest BCUT2D eigenvalue weighted by Gasteiger charge is -2.08. The Balaban J connectivity index is 3.10. The zero-order valence-corrected chi connectivity index (χ0v) is 17.7. The fourth-order valence-electron chi connectivity index (χ4n) is 2.12. The number of hydrogen-bond acceptors (Lipinski definition) is 8. The quantitative estimate of drug-likeness (QED) is 0.195. The van der Waals surface area contributed by atoms with E-state index in [-0.39, 0.29) is 25.6 Å². The van der Waals surface area contributed by atoms with E-state index in [0.29, 0.717) is 65.9 Å². The highest BCUT2D eigenvalue weighted by atomic mass is 16.6. The lowest BCUT2D eigenvalue weighted by Crippen LogP contribution is -2.15. The van der Waals surface area contributed by atoms with Crippen LogP contribution in [0.4, 0.5) is 0 Å². The largest absolute Gasteiger partial charge is 0.481 e. The number of carbonyl (C=O) groups is 2. The van der Waals surface area contributed by atoms with Crippen LogP contribution in [0.1, 0.15) is 45.4 Å². The van der Waals surface area contributed by atoms with Gasteiger partial charge in [0.05, 0.1) is 72.5 Å². The van der Waals surface area contributed by atoms with Gasteiger partial charge in [0.1, 0.15) is 6.61 Å². The highest BCUT2D eigenvalue weighted by Gasteiger charge is 2.02. The van der Waals surface area contributed by atoms with Gasteiger partial charge in [-0.15, -0.1) is 0 Å². The third-order valence-electron chi connectivity index (χ3n) is 3.67. The Morgan fingerprint density at radius 2 is 1.03 bits per heavy atom. The number of unbranched alkanes of at least 4 members (excludes halogenated alkanes) is 3. The second-order valence-corrected chi connectivity index (χ2v) is 6.24. The van der Waals surface area contributed by atoms with Gasteiger partial charge in [0, 0.05) is 6.42 Å². The third-order valence-corrected chi connectivity index (χ3v) is 3.67. The molecular weight excluding hydrogens is 384 g/mol. The maximum Gasteiger partial charge on any atom is 0.305 e. The van der Waals surface area contributed by atoms with Crippen molar-refractivity contribution >= 4 is 11.9 Å². The maximum atomic E-state index is 11.4. The number of carboxylic acids is 1. The Morgan fingerprint density at radius 1 is 0.586 bits per heavy atom. The standard InChI is InChI=1S/C20H38O9/c1-2-3-4-5-6-20(23)29-18-17-28-16-15-27-14-13-26-12-11-25-10-9-24-8-7-19(21)22/h2-18H2,1H3,(H,21,22). The highest BCUT2D eigenvalue weighted by molar-refractivity contribution is 5.69. The molecule has 9 nitrogen and oxygen atoms in total. The van der Waals surface area contributed by atoms with Gasteiger partial charge in [0.2, 0.25) is 0 Å². The molecule has 0 amide bonds. The molecule has 0 aliphatic heterocycles. The third kappa shape index (κ3) is 24.7. The van der Waals surface area contributed by atoms with Crippen LogP contribution in [-0.2, 0) is 38.0 Å². The lowest BCUT2D eigenvalue weighted by molar-refractivity contribution is -0.145. The summed E-state index contributed by atoms with van der Waals surface area (Å²) < 4.78 is 31.5. The Kier molecular flexibility index (Phi) is 22.0. The zero-order chi connectivity index (χ0) is 21.4. The second kappa shape index (κ2) is 23.0. The van der Waals surface area contributed by atoms with Crippen LogP contribution in [0.15, 0.2) is 0 Å². The molecule has 0 aromatic heterocycles. The summed E-state index contributed by atoms with van der Waals surface area (Å²) in [5.74, 6) is -1.03. The first-order valence-corrected chi connectivity index (χ1v) is 10.4. The minimum atomic E-state index is -0.873. The molecular formula is C20H38O9. The van der Waals surface area contributed by atoms with Gasteiger partial charge >= 0.3 is 11.9 Å². The number of ether oxygens (including phenoxy) is 6. The van der Waals surface area contributed by atoms with Crippen LogP contribution in [0.25, 0.3) is 0 Å². The molecule has 0 aromatic rings. The minimum absolute atomic E-state index is 0.000791. The van der Waals surface area contributed by atoms with Crippen LogP contribution >= 0.6 is 0 Å². The Labute approximate surface area is 173 Å². The number of carbonyl (C=O) groups excluding carboxylic acids is 1. The zero-order valence-electron chi connectivity index (χ0n) is 17.7. The van der Waals surface area contributed by atoms with Crippen molar-refractivity contribution in [1.29, 1.82) is 0 Å². The van der Waals surface area contributed by atoms with Crippen LogP contribution in [-0.4, -0.2) is 89.7 Å². The highest BCUT2D eigenvalue weighted by Crippen LogP contribution is 2.03. The van der Waals surface area contributed by atoms with E-state index in [1.54, 1.807) is 0 Å². The van der Waals surface area contributed by atoms with Gasteiger partial charge in [-0.05, 0) is 6.42 Å². The van der Waals surface area contributed by atoms with Gasteiger partial charge < -0.3 is 33.5 Å². The summed E-state index contributed by atoms with van der Waals surface area (Å²) in [6.07, 6.45) is 4.75. The number of carboxylic acid groups (broad SMARTS) is 1. The van der Waals surface area contributed by atoms with E-state index in [4.69, 9.17) is 33.5 Å². The summed E-state index contributed by atoms with van der Waals surface area (Å²) >= 11 is 0. The molecule has 0 aliphatic rings. The summed E-state index contributed by atoms with van der Waals surface area (Å²) in [6.45, 7) is 6.50. The van der Waals surface area contributed by atoms with E-state index in [0.717, 1.165) is 25.7 Å². The van der Waals surface area contributed by atoms with Crippen molar-refractivity contribution < 1.29 is 43.1 Å². The van der Waals surface area contributed by atoms with Crippen molar-refractivity contribution in [3.63, 3.8) is 0 Å². The van der Waals surface area contributed by atoms with Gasteiger partial charge in [-0.3, -0.25) is 9.59 Å². The molecule has 0 unspecified atom stereocenters. The first kappa shape index (κ1) is 27.7. The van der Waals surface area contributed by atoms with Gasteiger partial charge in [-0.2, -0.15) is 0 Å². The molecule has 172 valence electrons. The molecule has 0 atom stereocenters. The molecule has 0 heterocycles. The number of rotatable bonds is 23. The minimum Gasteiger partial charge on any atom is -0.481 e. The topological polar surface area (TPSA) is 110 Å². The van der Waals surface area contributed by atoms with Gasteiger partial charge in [-0.1, -0.05) is 26.2 Å². The molecule has 1 N–H and O–H groups in total. The summed E-state index contributed by atoms with van der Waals surface area (Å²) in [5.41, 5.74) is 0. The predicted molar refractivity (Wildman–Crippen MR) is 106 cm³/mol. The Morgan fingerprint density at radius 3 is 1.48 bits per heavy atom. The second-order valence-electron chi connectivity index (χ2n) is 6.24. The first-order valence-electron chi connectivity index (χ1n) is 10.4. The number of aliphatic carboxylic acids is 1. The lowest BCUT2D eigenvalue weighted by atomic mass is 10.2. The van der Waals surface area contributed by atoms with Crippen LogP contribution < -0.4 is 0 Å². The molecule has 0 saturated carbocycles. The first-order chi connectivity index (χ1) is 14.2. The molecule has 0 aliphatic carbocycles. The Hall–Kier alpha value is -1.26. The maximum absolute atomic E-state index is 11.4. The summed E-state index contributed by atoms with van der Waals surface area (Å²) in [5, 5.41) is 8.43. The van der Waals surface area contributed by atoms with E-state index in [2.05, 4.69) is 6.92 Å². The van der Waals surface area contributed by atoms with E-state index < -0.39 is 5.97 Å². The average Bonchev–Trinajstić information content (AvgIpc) is 2.70. The molecule has 0 saturated heterocycles. The van der Waals surface area contributed by atoms with Crippen LogP contribution in [0.5, 0.6) is 0 Å². The number of esters is 1. The smallest absolute Gasteiger partial charge is 0.305 e. The molecule has 29 heavy (non-hydrogen) atoms. The van der Waals surface area contributed by atoms with Crippen molar-refractivity contribution in [3.05, 3.63) is 0 Å². The van der Waals surface area contributed by atoms with Crippen molar-refractivity contribution in [2.45, 2.75) is 45.4 Å².